The van der Waals surface area contributed by atoms with Crippen LogP contribution in [0.15, 0.2) is 40.0 Å². The number of carbonyl (C=O) groups is 1. The minimum atomic E-state index is -0.163. The van der Waals surface area contributed by atoms with Crippen molar-refractivity contribution < 1.29 is 4.79 Å². The van der Waals surface area contributed by atoms with E-state index in [1.165, 1.54) is 11.3 Å². The molecule has 1 N–H and O–H groups in total. The van der Waals surface area contributed by atoms with E-state index in [1.54, 1.807) is 21.7 Å². The summed E-state index contributed by atoms with van der Waals surface area (Å²) in [5.41, 5.74) is 1.94. The normalized spacial score (nSPS) is 18.2. The summed E-state index contributed by atoms with van der Waals surface area (Å²) >= 11 is 1.51. The van der Waals surface area contributed by atoms with Crippen LogP contribution < -0.4 is 5.69 Å². The summed E-state index contributed by atoms with van der Waals surface area (Å²) in [5, 5.41) is 3.75. The minimum absolute atomic E-state index is 0.0289. The minimum Gasteiger partial charge on any atom is -0.336 e. The maximum atomic E-state index is 12.4. The molecule has 0 radical (unpaired) electrons. The van der Waals surface area contributed by atoms with Gasteiger partial charge in [0.2, 0.25) is 0 Å². The second-order valence-corrected chi connectivity index (χ2v) is 6.16. The number of hydrogen-bond acceptors (Lipinski definition) is 4. The fourth-order valence-corrected chi connectivity index (χ4v) is 3.63. The van der Waals surface area contributed by atoms with Gasteiger partial charge in [-0.3, -0.25) is 9.36 Å². The lowest BCUT2D eigenvalue weighted by Gasteiger charge is -2.16. The molecule has 22 heavy (non-hydrogen) atoms. The number of amides is 1. The number of rotatable bonds is 2. The van der Waals surface area contributed by atoms with Crippen molar-refractivity contribution in [1.82, 2.24) is 19.4 Å². The molecule has 4 rings (SSSR count). The van der Waals surface area contributed by atoms with Crippen molar-refractivity contribution in [2.45, 2.75) is 12.5 Å². The van der Waals surface area contributed by atoms with Gasteiger partial charge in [0.05, 0.1) is 17.1 Å². The van der Waals surface area contributed by atoms with Crippen LogP contribution in [-0.4, -0.2) is 38.4 Å². The van der Waals surface area contributed by atoms with Crippen LogP contribution in [0.4, 0.5) is 0 Å². The van der Waals surface area contributed by atoms with Gasteiger partial charge in [-0.15, -0.1) is 0 Å². The van der Waals surface area contributed by atoms with Crippen molar-refractivity contribution in [2.75, 3.05) is 13.1 Å². The Labute approximate surface area is 130 Å². The van der Waals surface area contributed by atoms with Gasteiger partial charge in [-0.1, -0.05) is 0 Å². The fourth-order valence-electron chi connectivity index (χ4n) is 3.00. The van der Waals surface area contributed by atoms with Crippen molar-refractivity contribution in [3.05, 3.63) is 51.2 Å². The summed E-state index contributed by atoms with van der Waals surface area (Å²) in [7, 11) is 0. The first-order valence-corrected chi connectivity index (χ1v) is 8.05. The van der Waals surface area contributed by atoms with E-state index < -0.39 is 0 Å². The van der Waals surface area contributed by atoms with Gasteiger partial charge in [0.1, 0.15) is 0 Å². The van der Waals surface area contributed by atoms with Crippen LogP contribution in [0.1, 0.15) is 22.8 Å². The Hall–Kier alpha value is -2.41. The van der Waals surface area contributed by atoms with Crippen LogP contribution in [-0.2, 0) is 0 Å². The third kappa shape index (κ3) is 2.05. The number of aromatic amines is 1. The molecule has 0 aliphatic carbocycles. The highest BCUT2D eigenvalue weighted by atomic mass is 32.1. The molecular weight excluding hydrogens is 300 g/mol. The number of likely N-dealkylation sites (tertiary alicyclic amines) is 1. The van der Waals surface area contributed by atoms with E-state index in [-0.39, 0.29) is 17.6 Å². The van der Waals surface area contributed by atoms with Crippen LogP contribution >= 0.6 is 11.3 Å². The van der Waals surface area contributed by atoms with E-state index in [1.807, 2.05) is 22.9 Å². The first-order valence-electron chi connectivity index (χ1n) is 7.11. The van der Waals surface area contributed by atoms with E-state index >= 15 is 0 Å². The quantitative estimate of drug-likeness (QED) is 0.785. The van der Waals surface area contributed by atoms with E-state index in [0.29, 0.717) is 18.7 Å². The van der Waals surface area contributed by atoms with Crippen LogP contribution in [0.2, 0.25) is 0 Å². The fraction of sp³-hybridized carbons (Fsp3) is 0.267. The summed E-state index contributed by atoms with van der Waals surface area (Å²) in [4.78, 5) is 33.5. The summed E-state index contributed by atoms with van der Waals surface area (Å²) in [6.45, 7) is 1.20. The van der Waals surface area contributed by atoms with Gasteiger partial charge >= 0.3 is 5.69 Å². The Morgan fingerprint density at radius 1 is 1.41 bits per heavy atom. The maximum absolute atomic E-state index is 12.4. The molecule has 0 saturated carbocycles. The summed E-state index contributed by atoms with van der Waals surface area (Å²) < 4.78 is 1.68. The molecule has 1 aliphatic rings. The van der Waals surface area contributed by atoms with Crippen LogP contribution in [0.25, 0.3) is 11.2 Å². The summed E-state index contributed by atoms with van der Waals surface area (Å²) in [5.74, 6) is 0.0320. The van der Waals surface area contributed by atoms with Gasteiger partial charge < -0.3 is 9.88 Å². The number of nitrogens with zero attached hydrogens (tertiary/aromatic N) is 3. The average Bonchev–Trinajstić information content (AvgIpc) is 3.25. The molecule has 0 spiro atoms. The van der Waals surface area contributed by atoms with Crippen LogP contribution in [0.5, 0.6) is 0 Å². The van der Waals surface area contributed by atoms with Gasteiger partial charge in [-0.05, 0) is 30.0 Å². The lowest BCUT2D eigenvalue weighted by atomic mass is 10.2. The molecule has 1 aliphatic heterocycles. The number of pyridine rings is 1. The molecule has 0 unspecified atom stereocenters. The molecule has 0 bridgehead atoms. The standard InChI is InChI=1S/C15H14N4O2S/c20-14(10-4-7-22-9-10)18-6-3-11(8-18)19-13-12(17-15(19)21)2-1-5-16-13/h1-2,4-5,7,9,11H,3,6,8H2,(H,17,21)/t11-/m1/s1. The first-order chi connectivity index (χ1) is 10.7. The monoisotopic (exact) mass is 314 g/mol. The Morgan fingerprint density at radius 3 is 3.14 bits per heavy atom. The molecule has 0 aromatic carbocycles. The molecular formula is C15H14N4O2S. The Kier molecular flexibility index (Phi) is 3.07. The molecule has 6 nitrogen and oxygen atoms in total. The van der Waals surface area contributed by atoms with E-state index in [2.05, 4.69) is 9.97 Å². The lowest BCUT2D eigenvalue weighted by molar-refractivity contribution is 0.0788. The Bertz CT molecular complexity index is 880. The third-order valence-electron chi connectivity index (χ3n) is 4.06. The number of hydrogen-bond donors (Lipinski definition) is 1. The molecule has 1 fully saturated rings. The van der Waals surface area contributed by atoms with E-state index in [0.717, 1.165) is 17.5 Å². The van der Waals surface area contributed by atoms with Crippen molar-refractivity contribution >= 4 is 28.4 Å². The zero-order chi connectivity index (χ0) is 15.1. The van der Waals surface area contributed by atoms with Crippen molar-refractivity contribution in [1.29, 1.82) is 0 Å². The highest BCUT2D eigenvalue weighted by Gasteiger charge is 2.30. The number of aromatic nitrogens is 3. The van der Waals surface area contributed by atoms with Crippen molar-refractivity contribution in [2.24, 2.45) is 0 Å². The summed E-state index contributed by atoms with van der Waals surface area (Å²) in [6.07, 6.45) is 2.44. The van der Waals surface area contributed by atoms with Gasteiger partial charge in [-0.2, -0.15) is 11.3 Å². The van der Waals surface area contributed by atoms with Crippen LogP contribution in [0.3, 0.4) is 0 Å². The molecule has 3 aromatic rings. The van der Waals surface area contributed by atoms with Gasteiger partial charge in [0.15, 0.2) is 5.65 Å². The molecule has 3 aromatic heterocycles. The number of imidazole rings is 1. The topological polar surface area (TPSA) is 71.0 Å². The Balaban J connectivity index is 1.64. The third-order valence-corrected chi connectivity index (χ3v) is 4.74. The first kappa shape index (κ1) is 13.3. The predicted octanol–water partition coefficient (Wildman–Crippen LogP) is 1.87. The van der Waals surface area contributed by atoms with Gasteiger partial charge in [0, 0.05) is 24.7 Å². The molecule has 4 heterocycles. The van der Waals surface area contributed by atoms with Crippen LogP contribution in [0, 0.1) is 0 Å². The number of nitrogens with one attached hydrogen (secondary N) is 1. The number of H-pyrrole nitrogens is 1. The SMILES string of the molecule is O=C(c1ccsc1)N1CC[C@@H](n2c(=O)[nH]c3cccnc32)C1. The molecule has 1 amide bonds. The number of thiophene rings is 1. The highest BCUT2D eigenvalue weighted by molar-refractivity contribution is 7.08. The average molecular weight is 314 g/mol. The lowest BCUT2D eigenvalue weighted by Crippen LogP contribution is -2.30. The molecule has 1 saturated heterocycles. The van der Waals surface area contributed by atoms with Gasteiger partial charge in [0.25, 0.3) is 5.91 Å². The zero-order valence-corrected chi connectivity index (χ0v) is 12.5. The highest BCUT2D eigenvalue weighted by Crippen LogP contribution is 2.24. The largest absolute Gasteiger partial charge is 0.336 e. The van der Waals surface area contributed by atoms with Gasteiger partial charge in [-0.25, -0.2) is 9.78 Å². The molecule has 112 valence electrons. The zero-order valence-electron chi connectivity index (χ0n) is 11.7. The van der Waals surface area contributed by atoms with E-state index in [9.17, 15) is 9.59 Å². The molecule has 7 heteroatoms. The Morgan fingerprint density at radius 2 is 2.32 bits per heavy atom. The summed E-state index contributed by atoms with van der Waals surface area (Å²) in [6, 6.07) is 5.44. The second kappa shape index (κ2) is 5.10. The maximum Gasteiger partial charge on any atom is 0.327 e. The smallest absolute Gasteiger partial charge is 0.327 e. The van der Waals surface area contributed by atoms with Crippen molar-refractivity contribution in [3.8, 4) is 0 Å². The predicted molar refractivity (Wildman–Crippen MR) is 84.2 cm³/mol. The van der Waals surface area contributed by atoms with E-state index in [4.69, 9.17) is 0 Å². The number of carbonyl (C=O) groups excluding carboxylic acids is 1. The van der Waals surface area contributed by atoms with Crippen molar-refractivity contribution in [3.63, 3.8) is 0 Å². The molecule has 1 atom stereocenters. The number of fused-ring (bicyclic) bond motifs is 1. The second-order valence-electron chi connectivity index (χ2n) is 5.38.